The molecule has 114 valence electrons. The molecule has 0 atom stereocenters. The fourth-order valence-electron chi connectivity index (χ4n) is 2.83. The molecule has 22 heavy (non-hydrogen) atoms. The minimum atomic E-state index is -0.0576. The zero-order valence-corrected chi connectivity index (χ0v) is 12.5. The number of carbonyl (C=O) groups is 2. The molecule has 2 amide bonds. The average Bonchev–Trinajstić information content (AvgIpc) is 3.39. The highest BCUT2D eigenvalue weighted by Crippen LogP contribution is 2.31. The number of rotatable bonds is 2. The van der Waals surface area contributed by atoms with E-state index in [1.807, 2.05) is 4.90 Å². The van der Waals surface area contributed by atoms with E-state index in [1.165, 1.54) is 0 Å². The van der Waals surface area contributed by atoms with Crippen LogP contribution >= 0.6 is 0 Å². The molecule has 0 radical (unpaired) electrons. The van der Waals surface area contributed by atoms with E-state index in [-0.39, 0.29) is 17.7 Å². The summed E-state index contributed by atoms with van der Waals surface area (Å²) in [7, 11) is 0. The minimum absolute atomic E-state index is 0.0576. The monoisotopic (exact) mass is 297 g/mol. The van der Waals surface area contributed by atoms with Gasteiger partial charge in [-0.1, -0.05) is 6.07 Å². The second-order valence-electron chi connectivity index (χ2n) is 5.94. The SMILES string of the molecule is N#Cc1cccc(C(=O)N2CCCN(C(=O)C3CC3)CC2)c1. The van der Waals surface area contributed by atoms with Crippen LogP contribution in [-0.4, -0.2) is 47.8 Å². The van der Waals surface area contributed by atoms with Crippen molar-refractivity contribution in [2.24, 2.45) is 5.92 Å². The summed E-state index contributed by atoms with van der Waals surface area (Å²) in [5, 5.41) is 8.93. The first-order valence-electron chi connectivity index (χ1n) is 7.77. The Morgan fingerprint density at radius 2 is 1.82 bits per heavy atom. The second kappa shape index (κ2) is 6.18. The molecule has 1 aliphatic heterocycles. The van der Waals surface area contributed by atoms with Gasteiger partial charge in [0.1, 0.15) is 0 Å². The smallest absolute Gasteiger partial charge is 0.253 e. The zero-order chi connectivity index (χ0) is 15.5. The fourth-order valence-corrected chi connectivity index (χ4v) is 2.83. The van der Waals surface area contributed by atoms with E-state index in [2.05, 4.69) is 6.07 Å². The molecule has 0 spiro atoms. The Labute approximate surface area is 130 Å². The summed E-state index contributed by atoms with van der Waals surface area (Å²) in [4.78, 5) is 28.4. The maximum absolute atomic E-state index is 12.6. The molecular weight excluding hydrogens is 278 g/mol. The molecule has 1 saturated heterocycles. The van der Waals surface area contributed by atoms with E-state index in [0.717, 1.165) is 25.8 Å². The Morgan fingerprint density at radius 3 is 2.55 bits per heavy atom. The molecule has 1 aliphatic carbocycles. The number of benzene rings is 1. The maximum Gasteiger partial charge on any atom is 0.253 e. The predicted molar refractivity (Wildman–Crippen MR) is 81.0 cm³/mol. The van der Waals surface area contributed by atoms with E-state index in [9.17, 15) is 9.59 Å². The molecule has 3 rings (SSSR count). The molecule has 1 saturated carbocycles. The van der Waals surface area contributed by atoms with Crippen molar-refractivity contribution in [2.75, 3.05) is 26.2 Å². The van der Waals surface area contributed by atoms with Gasteiger partial charge in [0.25, 0.3) is 5.91 Å². The van der Waals surface area contributed by atoms with Crippen LogP contribution in [0.2, 0.25) is 0 Å². The van der Waals surface area contributed by atoms with Crippen LogP contribution in [-0.2, 0) is 4.79 Å². The standard InChI is InChI=1S/C17H19N3O2/c18-12-13-3-1-4-15(11-13)17(22)20-8-2-7-19(9-10-20)16(21)14-5-6-14/h1,3-4,11,14H,2,5-10H2. The lowest BCUT2D eigenvalue weighted by molar-refractivity contribution is -0.132. The van der Waals surface area contributed by atoms with Gasteiger partial charge in [0.15, 0.2) is 0 Å². The van der Waals surface area contributed by atoms with Crippen molar-refractivity contribution in [3.05, 3.63) is 35.4 Å². The number of hydrogen-bond donors (Lipinski definition) is 0. The van der Waals surface area contributed by atoms with E-state index in [4.69, 9.17) is 5.26 Å². The summed E-state index contributed by atoms with van der Waals surface area (Å²) in [6, 6.07) is 8.84. The lowest BCUT2D eigenvalue weighted by atomic mass is 10.1. The highest BCUT2D eigenvalue weighted by atomic mass is 16.2. The maximum atomic E-state index is 12.6. The molecular formula is C17H19N3O2. The van der Waals surface area contributed by atoms with Crippen LogP contribution in [0.4, 0.5) is 0 Å². The fraction of sp³-hybridized carbons (Fsp3) is 0.471. The Balaban J connectivity index is 1.66. The largest absolute Gasteiger partial charge is 0.341 e. The normalized spacial score (nSPS) is 18.5. The predicted octanol–water partition coefficient (Wildman–Crippen LogP) is 1.64. The van der Waals surface area contributed by atoms with Crippen molar-refractivity contribution in [1.29, 1.82) is 5.26 Å². The molecule has 0 unspecified atom stereocenters. The van der Waals surface area contributed by atoms with Gasteiger partial charge in [0.05, 0.1) is 11.6 Å². The molecule has 0 aromatic heterocycles. The third-order valence-corrected chi connectivity index (χ3v) is 4.26. The lowest BCUT2D eigenvalue weighted by Gasteiger charge is -2.22. The van der Waals surface area contributed by atoms with Crippen LogP contribution < -0.4 is 0 Å². The van der Waals surface area contributed by atoms with Crippen LogP contribution in [0.15, 0.2) is 24.3 Å². The molecule has 1 aromatic rings. The van der Waals surface area contributed by atoms with Gasteiger partial charge >= 0.3 is 0 Å². The van der Waals surface area contributed by atoms with E-state index in [1.54, 1.807) is 29.2 Å². The van der Waals surface area contributed by atoms with Crippen LogP contribution in [0.3, 0.4) is 0 Å². The zero-order valence-electron chi connectivity index (χ0n) is 12.5. The summed E-state index contributed by atoms with van der Waals surface area (Å²) in [6.07, 6.45) is 2.83. The lowest BCUT2D eigenvalue weighted by Crippen LogP contribution is -2.38. The van der Waals surface area contributed by atoms with Crippen molar-refractivity contribution >= 4 is 11.8 Å². The third kappa shape index (κ3) is 3.11. The van der Waals surface area contributed by atoms with Gasteiger partial charge < -0.3 is 9.80 Å². The van der Waals surface area contributed by atoms with E-state index in [0.29, 0.717) is 30.8 Å². The Bertz CT molecular complexity index is 631. The van der Waals surface area contributed by atoms with Crippen LogP contribution in [0.1, 0.15) is 35.2 Å². The molecule has 1 aromatic carbocycles. The summed E-state index contributed by atoms with van der Waals surface area (Å²) in [5.74, 6) is 0.424. The van der Waals surface area contributed by atoms with Crippen LogP contribution in [0, 0.1) is 17.2 Å². The molecule has 1 heterocycles. The first-order chi connectivity index (χ1) is 10.7. The number of carbonyl (C=O) groups excluding carboxylic acids is 2. The summed E-state index contributed by atoms with van der Waals surface area (Å²) in [6.45, 7) is 2.56. The third-order valence-electron chi connectivity index (χ3n) is 4.26. The van der Waals surface area contributed by atoms with Crippen molar-refractivity contribution in [1.82, 2.24) is 9.80 Å². The first kappa shape index (κ1) is 14.6. The molecule has 0 N–H and O–H groups in total. The molecule has 2 fully saturated rings. The van der Waals surface area contributed by atoms with Gasteiger partial charge in [-0.25, -0.2) is 0 Å². The van der Waals surface area contributed by atoms with Gasteiger partial charge in [-0.15, -0.1) is 0 Å². The number of hydrogen-bond acceptors (Lipinski definition) is 3. The van der Waals surface area contributed by atoms with Crippen molar-refractivity contribution in [3.8, 4) is 6.07 Å². The molecule has 5 nitrogen and oxygen atoms in total. The quantitative estimate of drug-likeness (QED) is 0.833. The highest BCUT2D eigenvalue weighted by molar-refractivity contribution is 5.94. The Kier molecular flexibility index (Phi) is 4.10. The minimum Gasteiger partial charge on any atom is -0.341 e. The molecule has 0 bridgehead atoms. The van der Waals surface area contributed by atoms with E-state index >= 15 is 0 Å². The number of amides is 2. The molecule has 2 aliphatic rings. The first-order valence-corrected chi connectivity index (χ1v) is 7.77. The van der Waals surface area contributed by atoms with E-state index < -0.39 is 0 Å². The van der Waals surface area contributed by atoms with Crippen molar-refractivity contribution in [3.63, 3.8) is 0 Å². The number of nitriles is 1. The second-order valence-corrected chi connectivity index (χ2v) is 5.94. The van der Waals surface area contributed by atoms with Crippen LogP contribution in [0.5, 0.6) is 0 Å². The van der Waals surface area contributed by atoms with Gasteiger partial charge in [-0.3, -0.25) is 9.59 Å². The molecule has 5 heteroatoms. The number of nitrogens with zero attached hydrogens (tertiary/aromatic N) is 3. The van der Waals surface area contributed by atoms with Crippen molar-refractivity contribution in [2.45, 2.75) is 19.3 Å². The highest BCUT2D eigenvalue weighted by Gasteiger charge is 2.34. The van der Waals surface area contributed by atoms with Gasteiger partial charge in [-0.2, -0.15) is 5.26 Å². The van der Waals surface area contributed by atoms with Crippen molar-refractivity contribution < 1.29 is 9.59 Å². The van der Waals surface area contributed by atoms with Crippen LogP contribution in [0.25, 0.3) is 0 Å². The van der Waals surface area contributed by atoms with Gasteiger partial charge in [-0.05, 0) is 37.5 Å². The summed E-state index contributed by atoms with van der Waals surface area (Å²) >= 11 is 0. The summed E-state index contributed by atoms with van der Waals surface area (Å²) in [5.41, 5.74) is 1.03. The van der Waals surface area contributed by atoms with Gasteiger partial charge in [0, 0.05) is 37.7 Å². The topological polar surface area (TPSA) is 64.4 Å². The Hall–Kier alpha value is -2.35. The summed E-state index contributed by atoms with van der Waals surface area (Å²) < 4.78 is 0. The average molecular weight is 297 g/mol. The van der Waals surface area contributed by atoms with Gasteiger partial charge in [0.2, 0.25) is 5.91 Å². The Morgan fingerprint density at radius 1 is 1.09 bits per heavy atom.